The molecule has 1 heterocycles. The number of benzene rings is 1. The van der Waals surface area contributed by atoms with E-state index in [0.717, 1.165) is 18.4 Å². The lowest BCUT2D eigenvalue weighted by molar-refractivity contribution is -0.123. The molecule has 0 spiro atoms. The van der Waals surface area contributed by atoms with Gasteiger partial charge in [0.2, 0.25) is 11.8 Å². The molecule has 2 aromatic rings. The number of nitrogens with one attached hydrogen (secondary N) is 1. The highest BCUT2D eigenvalue weighted by Crippen LogP contribution is 2.48. The number of carbonyl (C=O) groups is 1. The van der Waals surface area contributed by atoms with E-state index in [-0.39, 0.29) is 23.6 Å². The van der Waals surface area contributed by atoms with Crippen molar-refractivity contribution in [2.75, 3.05) is 6.54 Å². The predicted molar refractivity (Wildman–Crippen MR) is 90.8 cm³/mol. The minimum Gasteiger partial charge on any atom is -0.393 e. The third-order valence-electron chi connectivity index (χ3n) is 5.64. The molecule has 1 aromatic heterocycles. The van der Waals surface area contributed by atoms with E-state index >= 15 is 0 Å². The molecule has 2 aliphatic rings. The first-order valence-corrected chi connectivity index (χ1v) is 9.00. The van der Waals surface area contributed by atoms with Crippen LogP contribution in [0.1, 0.15) is 48.9 Å². The van der Waals surface area contributed by atoms with Crippen molar-refractivity contribution in [3.05, 3.63) is 47.4 Å². The van der Waals surface area contributed by atoms with Crippen LogP contribution in [0.4, 0.5) is 4.39 Å². The summed E-state index contributed by atoms with van der Waals surface area (Å²) in [4.78, 5) is 16.9. The smallest absolute Gasteiger partial charge is 0.230 e. The van der Waals surface area contributed by atoms with Gasteiger partial charge >= 0.3 is 0 Å². The van der Waals surface area contributed by atoms with E-state index < -0.39 is 11.5 Å². The first-order valence-electron chi connectivity index (χ1n) is 9.00. The quantitative estimate of drug-likeness (QED) is 0.855. The average Bonchev–Trinajstić information content (AvgIpc) is 3.19. The van der Waals surface area contributed by atoms with Crippen molar-refractivity contribution < 1.29 is 18.8 Å². The van der Waals surface area contributed by atoms with E-state index in [1.807, 2.05) is 0 Å². The zero-order chi connectivity index (χ0) is 18.3. The molecule has 1 aromatic carbocycles. The zero-order valence-corrected chi connectivity index (χ0v) is 14.6. The fourth-order valence-electron chi connectivity index (χ4n) is 3.95. The molecule has 2 fully saturated rings. The number of aliphatic hydroxyl groups excluding tert-OH is 1. The zero-order valence-electron chi connectivity index (χ0n) is 14.6. The standard InChI is InChI=1S/C19H22FN3O3/c1-11-22-17(26-23-11)12-7-13(16(24)8-12)10-21-18(25)19(5-6-19)14-3-2-4-15(20)9-14/h2-4,9,12-13,16,24H,5-8,10H2,1H3,(H,21,25)/t12-,13+,16+/m0/s1. The van der Waals surface area contributed by atoms with Gasteiger partial charge in [0.15, 0.2) is 5.82 Å². The number of carbonyl (C=O) groups excluding carboxylic acids is 1. The Morgan fingerprint density at radius 1 is 1.42 bits per heavy atom. The van der Waals surface area contributed by atoms with Crippen LogP contribution in [0.25, 0.3) is 0 Å². The average molecular weight is 359 g/mol. The molecule has 0 aliphatic heterocycles. The molecule has 0 saturated heterocycles. The van der Waals surface area contributed by atoms with Crippen molar-refractivity contribution in [3.8, 4) is 0 Å². The van der Waals surface area contributed by atoms with Gasteiger partial charge in [-0.25, -0.2) is 4.39 Å². The first kappa shape index (κ1) is 17.1. The lowest BCUT2D eigenvalue weighted by Crippen LogP contribution is -2.39. The molecular formula is C19H22FN3O3. The highest BCUT2D eigenvalue weighted by Gasteiger charge is 2.51. The number of amides is 1. The van der Waals surface area contributed by atoms with Gasteiger partial charge < -0.3 is 14.9 Å². The number of rotatable bonds is 5. The number of aliphatic hydroxyl groups is 1. The molecule has 0 bridgehead atoms. The Balaban J connectivity index is 1.37. The van der Waals surface area contributed by atoms with Crippen LogP contribution in [0.5, 0.6) is 0 Å². The summed E-state index contributed by atoms with van der Waals surface area (Å²) in [7, 11) is 0. The Labute approximate surface area is 150 Å². The van der Waals surface area contributed by atoms with Crippen molar-refractivity contribution in [2.24, 2.45) is 5.92 Å². The summed E-state index contributed by atoms with van der Waals surface area (Å²) in [6.07, 6.45) is 2.17. The Hall–Kier alpha value is -2.28. The number of hydrogen-bond donors (Lipinski definition) is 2. The van der Waals surface area contributed by atoms with Crippen molar-refractivity contribution >= 4 is 5.91 Å². The van der Waals surface area contributed by atoms with Crippen LogP contribution >= 0.6 is 0 Å². The first-order chi connectivity index (χ1) is 12.5. The maximum Gasteiger partial charge on any atom is 0.230 e. The van der Waals surface area contributed by atoms with E-state index in [0.29, 0.717) is 31.1 Å². The summed E-state index contributed by atoms with van der Waals surface area (Å²) in [6.45, 7) is 2.15. The topological polar surface area (TPSA) is 88.2 Å². The van der Waals surface area contributed by atoms with E-state index in [1.165, 1.54) is 12.1 Å². The second-order valence-electron chi connectivity index (χ2n) is 7.48. The fourth-order valence-corrected chi connectivity index (χ4v) is 3.95. The van der Waals surface area contributed by atoms with Crippen molar-refractivity contribution in [2.45, 2.75) is 50.0 Å². The summed E-state index contributed by atoms with van der Waals surface area (Å²) >= 11 is 0. The largest absolute Gasteiger partial charge is 0.393 e. The summed E-state index contributed by atoms with van der Waals surface area (Å²) in [5, 5.41) is 17.1. The van der Waals surface area contributed by atoms with Crippen molar-refractivity contribution in [3.63, 3.8) is 0 Å². The molecule has 6 nitrogen and oxygen atoms in total. The maximum atomic E-state index is 13.5. The highest BCUT2D eigenvalue weighted by molar-refractivity contribution is 5.91. The second-order valence-corrected chi connectivity index (χ2v) is 7.48. The van der Waals surface area contributed by atoms with Gasteiger partial charge in [-0.05, 0) is 50.3 Å². The van der Waals surface area contributed by atoms with Crippen molar-refractivity contribution in [1.29, 1.82) is 0 Å². The molecule has 0 unspecified atom stereocenters. The molecule has 3 atom stereocenters. The summed E-state index contributed by atoms with van der Waals surface area (Å²) in [6, 6.07) is 6.25. The third-order valence-corrected chi connectivity index (χ3v) is 5.64. The van der Waals surface area contributed by atoms with E-state index in [2.05, 4.69) is 15.5 Å². The molecule has 0 radical (unpaired) electrons. The van der Waals surface area contributed by atoms with E-state index in [4.69, 9.17) is 4.52 Å². The van der Waals surface area contributed by atoms with Gasteiger partial charge in [0.25, 0.3) is 0 Å². The molecule has 26 heavy (non-hydrogen) atoms. The Morgan fingerprint density at radius 2 is 2.23 bits per heavy atom. The minimum atomic E-state index is -0.616. The summed E-state index contributed by atoms with van der Waals surface area (Å²) < 4.78 is 18.7. The van der Waals surface area contributed by atoms with Gasteiger partial charge in [-0.15, -0.1) is 0 Å². The van der Waals surface area contributed by atoms with Crippen molar-refractivity contribution in [1.82, 2.24) is 15.5 Å². The molecule has 1 amide bonds. The van der Waals surface area contributed by atoms with Gasteiger partial charge in [-0.1, -0.05) is 17.3 Å². The van der Waals surface area contributed by atoms with Gasteiger partial charge in [0, 0.05) is 18.4 Å². The SMILES string of the molecule is Cc1noc([C@H]2C[C@H](CNC(=O)C3(c4cccc(F)c4)CC3)[C@H](O)C2)n1. The lowest BCUT2D eigenvalue weighted by atomic mass is 9.94. The lowest BCUT2D eigenvalue weighted by Gasteiger charge is -2.19. The minimum absolute atomic E-state index is 0.0196. The number of aryl methyl sites for hydroxylation is 1. The molecule has 138 valence electrons. The monoisotopic (exact) mass is 359 g/mol. The van der Waals surface area contributed by atoms with Crippen LogP contribution in [-0.2, 0) is 10.2 Å². The Morgan fingerprint density at radius 3 is 2.88 bits per heavy atom. The van der Waals surface area contributed by atoms with E-state index in [1.54, 1.807) is 19.1 Å². The molecular weight excluding hydrogens is 337 g/mol. The highest BCUT2D eigenvalue weighted by atomic mass is 19.1. The van der Waals surface area contributed by atoms with Crippen LogP contribution in [0, 0.1) is 18.7 Å². The number of aromatic nitrogens is 2. The van der Waals surface area contributed by atoms with E-state index in [9.17, 15) is 14.3 Å². The van der Waals surface area contributed by atoms with Crippen LogP contribution in [0.15, 0.2) is 28.8 Å². The third kappa shape index (κ3) is 3.11. The van der Waals surface area contributed by atoms with Crippen LogP contribution in [-0.4, -0.2) is 33.8 Å². The fraction of sp³-hybridized carbons (Fsp3) is 0.526. The predicted octanol–water partition coefficient (Wildman–Crippen LogP) is 2.22. The number of hydrogen-bond acceptors (Lipinski definition) is 5. The number of halogens is 1. The van der Waals surface area contributed by atoms with Gasteiger partial charge in [0.05, 0.1) is 11.5 Å². The second kappa shape index (κ2) is 6.46. The van der Waals surface area contributed by atoms with Crippen LogP contribution in [0.3, 0.4) is 0 Å². The molecule has 4 rings (SSSR count). The molecule has 7 heteroatoms. The summed E-state index contributed by atoms with van der Waals surface area (Å²) in [5.41, 5.74) is 0.107. The molecule has 2 saturated carbocycles. The van der Waals surface area contributed by atoms with Crippen LogP contribution in [0.2, 0.25) is 0 Å². The number of nitrogens with zero attached hydrogens (tertiary/aromatic N) is 2. The van der Waals surface area contributed by atoms with Gasteiger partial charge in [-0.3, -0.25) is 4.79 Å². The molecule has 2 aliphatic carbocycles. The van der Waals surface area contributed by atoms with Gasteiger partial charge in [-0.2, -0.15) is 4.98 Å². The maximum absolute atomic E-state index is 13.5. The van der Waals surface area contributed by atoms with Gasteiger partial charge in [0.1, 0.15) is 5.82 Å². The Kier molecular flexibility index (Phi) is 4.26. The van der Waals surface area contributed by atoms with Crippen LogP contribution < -0.4 is 5.32 Å². The normalized spacial score (nSPS) is 26.7. The summed E-state index contributed by atoms with van der Waals surface area (Å²) in [5.74, 6) is 0.675. The molecule has 2 N–H and O–H groups in total. The Bertz CT molecular complexity index is 818.